The van der Waals surface area contributed by atoms with Crippen LogP contribution in [0.2, 0.25) is 0 Å². The second-order valence-electron chi connectivity index (χ2n) is 5.51. The molecular formula is C15H25N3O. The summed E-state index contributed by atoms with van der Waals surface area (Å²) in [6, 6.07) is 0. The first-order chi connectivity index (χ1) is 9.13. The summed E-state index contributed by atoms with van der Waals surface area (Å²) >= 11 is 0. The zero-order valence-electron chi connectivity index (χ0n) is 12.5. The second-order valence-corrected chi connectivity index (χ2v) is 5.51. The molecule has 0 radical (unpaired) electrons. The largest absolute Gasteiger partial charge is 0.370 e. The number of ether oxygens (including phenoxy) is 1. The van der Waals surface area contributed by atoms with Gasteiger partial charge >= 0.3 is 0 Å². The van der Waals surface area contributed by atoms with Crippen LogP contribution >= 0.6 is 0 Å². The summed E-state index contributed by atoms with van der Waals surface area (Å²) in [6.45, 7) is 10.4. The van der Waals surface area contributed by atoms with E-state index in [1.165, 1.54) is 5.56 Å². The maximum absolute atomic E-state index is 5.70. The highest BCUT2D eigenvalue weighted by atomic mass is 16.5. The highest BCUT2D eigenvalue weighted by molar-refractivity contribution is 5.48. The molecule has 1 fully saturated rings. The van der Waals surface area contributed by atoms with Crippen molar-refractivity contribution in [2.45, 2.75) is 59.0 Å². The molecular weight excluding hydrogens is 238 g/mol. The second kappa shape index (κ2) is 6.33. The summed E-state index contributed by atoms with van der Waals surface area (Å²) in [4.78, 5) is 9.40. The number of hydrogen-bond donors (Lipinski definition) is 1. The fourth-order valence-electron chi connectivity index (χ4n) is 2.60. The average Bonchev–Trinajstić information content (AvgIpc) is 2.88. The molecule has 2 heterocycles. The van der Waals surface area contributed by atoms with Gasteiger partial charge in [-0.3, -0.25) is 0 Å². The van der Waals surface area contributed by atoms with Gasteiger partial charge in [-0.1, -0.05) is 20.8 Å². The monoisotopic (exact) mass is 263 g/mol. The minimum absolute atomic E-state index is 0.0853. The predicted octanol–water partition coefficient (Wildman–Crippen LogP) is 3.58. The van der Waals surface area contributed by atoms with Crippen molar-refractivity contribution < 1.29 is 4.74 Å². The van der Waals surface area contributed by atoms with Crippen molar-refractivity contribution in [3.05, 3.63) is 17.1 Å². The molecule has 1 aromatic rings. The normalized spacial score (nSPS) is 19.1. The minimum atomic E-state index is 0.0853. The fraction of sp³-hybridized carbons (Fsp3) is 0.733. The van der Waals surface area contributed by atoms with Gasteiger partial charge in [0.25, 0.3) is 0 Å². The van der Waals surface area contributed by atoms with Crippen molar-refractivity contribution in [1.82, 2.24) is 9.97 Å². The minimum Gasteiger partial charge on any atom is -0.370 e. The Morgan fingerprint density at radius 2 is 2.16 bits per heavy atom. The maximum atomic E-state index is 5.70. The molecule has 1 atom stereocenters. The Balaban J connectivity index is 2.34. The van der Waals surface area contributed by atoms with Crippen molar-refractivity contribution in [2.75, 3.05) is 18.5 Å². The van der Waals surface area contributed by atoms with Gasteiger partial charge in [0, 0.05) is 24.4 Å². The van der Waals surface area contributed by atoms with Gasteiger partial charge in [-0.25, -0.2) is 9.97 Å². The molecule has 106 valence electrons. The predicted molar refractivity (Wildman–Crippen MR) is 77.6 cm³/mol. The first-order valence-corrected chi connectivity index (χ1v) is 7.37. The van der Waals surface area contributed by atoms with Crippen molar-refractivity contribution in [3.63, 3.8) is 0 Å². The van der Waals surface area contributed by atoms with Crippen LogP contribution in [0.5, 0.6) is 0 Å². The van der Waals surface area contributed by atoms with Gasteiger partial charge in [-0.15, -0.1) is 0 Å². The summed E-state index contributed by atoms with van der Waals surface area (Å²) < 4.78 is 5.70. The van der Waals surface area contributed by atoms with Crippen LogP contribution < -0.4 is 5.32 Å². The van der Waals surface area contributed by atoms with Gasteiger partial charge in [0.15, 0.2) is 5.82 Å². The molecule has 0 aliphatic carbocycles. The van der Waals surface area contributed by atoms with Gasteiger partial charge < -0.3 is 10.1 Å². The first kappa shape index (κ1) is 14.3. The summed E-state index contributed by atoms with van der Waals surface area (Å²) in [6.07, 6.45) is 3.32. The Bertz CT molecular complexity index is 426. The van der Waals surface area contributed by atoms with Gasteiger partial charge in [-0.2, -0.15) is 0 Å². The van der Waals surface area contributed by atoms with Crippen molar-refractivity contribution in [2.24, 2.45) is 0 Å². The van der Waals surface area contributed by atoms with E-state index in [2.05, 4.69) is 38.0 Å². The van der Waals surface area contributed by atoms with Crippen LogP contribution in [0, 0.1) is 6.92 Å². The molecule has 0 spiro atoms. The zero-order valence-corrected chi connectivity index (χ0v) is 12.5. The van der Waals surface area contributed by atoms with E-state index in [0.717, 1.165) is 49.8 Å². The van der Waals surface area contributed by atoms with E-state index in [0.29, 0.717) is 5.92 Å². The summed E-state index contributed by atoms with van der Waals surface area (Å²) in [5.74, 6) is 2.27. The molecule has 1 aromatic heterocycles. The smallest absolute Gasteiger partial charge is 0.159 e. The SMILES string of the molecule is CCCNc1nc(C2CCCO2)nc(C)c1C(C)C. The van der Waals surface area contributed by atoms with Crippen molar-refractivity contribution >= 4 is 5.82 Å². The zero-order chi connectivity index (χ0) is 13.8. The number of aromatic nitrogens is 2. The standard InChI is InChI=1S/C15H25N3O/c1-5-8-16-15-13(10(2)3)11(4)17-14(18-15)12-7-6-9-19-12/h10,12H,5-9H2,1-4H3,(H,16,17,18). The van der Waals surface area contributed by atoms with Crippen LogP contribution in [-0.4, -0.2) is 23.1 Å². The third-order valence-electron chi connectivity index (χ3n) is 3.49. The van der Waals surface area contributed by atoms with E-state index >= 15 is 0 Å². The molecule has 0 saturated carbocycles. The molecule has 4 heteroatoms. The highest BCUT2D eigenvalue weighted by Crippen LogP contribution is 2.31. The molecule has 1 aliphatic rings. The summed E-state index contributed by atoms with van der Waals surface area (Å²) in [5, 5.41) is 3.44. The molecule has 2 rings (SSSR count). The Morgan fingerprint density at radius 3 is 2.74 bits per heavy atom. The number of anilines is 1. The molecule has 0 bridgehead atoms. The lowest BCUT2D eigenvalue weighted by Crippen LogP contribution is -2.13. The molecule has 4 nitrogen and oxygen atoms in total. The van der Waals surface area contributed by atoms with Crippen molar-refractivity contribution in [3.8, 4) is 0 Å². The topological polar surface area (TPSA) is 47.0 Å². The highest BCUT2D eigenvalue weighted by Gasteiger charge is 2.23. The van der Waals surface area contributed by atoms with Crippen molar-refractivity contribution in [1.29, 1.82) is 0 Å². The lowest BCUT2D eigenvalue weighted by molar-refractivity contribution is 0.105. The third-order valence-corrected chi connectivity index (χ3v) is 3.49. The Hall–Kier alpha value is -1.16. The van der Waals surface area contributed by atoms with E-state index < -0.39 is 0 Å². The molecule has 1 aliphatic heterocycles. The first-order valence-electron chi connectivity index (χ1n) is 7.37. The lowest BCUT2D eigenvalue weighted by Gasteiger charge is -2.18. The fourth-order valence-corrected chi connectivity index (χ4v) is 2.60. The van der Waals surface area contributed by atoms with Gasteiger partial charge in [0.2, 0.25) is 0 Å². The number of nitrogens with zero attached hydrogens (tertiary/aromatic N) is 2. The van der Waals surface area contributed by atoms with E-state index in [1.54, 1.807) is 0 Å². The Morgan fingerprint density at radius 1 is 1.37 bits per heavy atom. The van der Waals surface area contributed by atoms with E-state index in [-0.39, 0.29) is 6.10 Å². The Kier molecular flexibility index (Phi) is 4.75. The van der Waals surface area contributed by atoms with E-state index in [1.807, 2.05) is 0 Å². The van der Waals surface area contributed by atoms with Gasteiger partial charge in [0.1, 0.15) is 11.9 Å². The van der Waals surface area contributed by atoms with Gasteiger partial charge in [-0.05, 0) is 32.1 Å². The number of rotatable bonds is 5. The molecule has 0 aromatic carbocycles. The molecule has 1 saturated heterocycles. The summed E-state index contributed by atoms with van der Waals surface area (Å²) in [7, 11) is 0. The summed E-state index contributed by atoms with van der Waals surface area (Å²) in [5.41, 5.74) is 2.31. The molecule has 1 N–H and O–H groups in total. The van der Waals surface area contributed by atoms with E-state index in [4.69, 9.17) is 9.72 Å². The lowest BCUT2D eigenvalue weighted by atomic mass is 10.0. The number of nitrogens with one attached hydrogen (secondary N) is 1. The quantitative estimate of drug-likeness (QED) is 0.882. The van der Waals surface area contributed by atoms with Crippen LogP contribution in [0.4, 0.5) is 5.82 Å². The van der Waals surface area contributed by atoms with Crippen LogP contribution in [-0.2, 0) is 4.74 Å². The van der Waals surface area contributed by atoms with Crippen LogP contribution in [0.1, 0.15) is 69.1 Å². The maximum Gasteiger partial charge on any atom is 0.159 e. The van der Waals surface area contributed by atoms with Crippen LogP contribution in [0.15, 0.2) is 0 Å². The molecule has 1 unspecified atom stereocenters. The van der Waals surface area contributed by atoms with Crippen LogP contribution in [0.3, 0.4) is 0 Å². The van der Waals surface area contributed by atoms with E-state index in [9.17, 15) is 0 Å². The van der Waals surface area contributed by atoms with Crippen LogP contribution in [0.25, 0.3) is 0 Å². The number of hydrogen-bond acceptors (Lipinski definition) is 4. The molecule has 19 heavy (non-hydrogen) atoms. The molecule has 0 amide bonds. The van der Waals surface area contributed by atoms with Gasteiger partial charge in [0.05, 0.1) is 0 Å². The number of aryl methyl sites for hydroxylation is 1. The Labute approximate surface area is 116 Å². The third kappa shape index (κ3) is 3.24. The average molecular weight is 263 g/mol.